The van der Waals surface area contributed by atoms with E-state index in [1.165, 1.54) is 5.57 Å². The molecule has 0 spiro atoms. The minimum Gasteiger partial charge on any atom is -0.0988 e. The Morgan fingerprint density at radius 3 is 1.60 bits per heavy atom. The Hall–Kier alpha value is -0.780. The van der Waals surface area contributed by atoms with Crippen molar-refractivity contribution in [2.75, 3.05) is 0 Å². The summed E-state index contributed by atoms with van der Waals surface area (Å²) in [5, 5.41) is 0. The Kier molecular flexibility index (Phi) is 60.1. The summed E-state index contributed by atoms with van der Waals surface area (Å²) in [6.07, 6.45) is 9.07. The summed E-state index contributed by atoms with van der Waals surface area (Å²) in [6.45, 7) is 19.8. The van der Waals surface area contributed by atoms with E-state index in [0.29, 0.717) is 0 Å². The molecule has 0 N–H and O–H groups in total. The fourth-order valence-corrected chi connectivity index (χ4v) is 0.550. The SMILES string of the molecule is C=C/C(=C\C=C/C)CC.CC.CC.CC. The van der Waals surface area contributed by atoms with Crippen LogP contribution in [0, 0.1) is 0 Å². The van der Waals surface area contributed by atoms with E-state index in [1.807, 2.05) is 66.7 Å². The molecule has 0 saturated heterocycles. The van der Waals surface area contributed by atoms with Gasteiger partial charge in [-0.1, -0.05) is 79.3 Å². The molecule has 0 saturated carbocycles. The van der Waals surface area contributed by atoms with Crippen LogP contribution in [0.3, 0.4) is 0 Å². The molecule has 0 heterocycles. The first kappa shape index (κ1) is 23.8. The minimum absolute atomic E-state index is 1.06. The lowest BCUT2D eigenvalue weighted by Crippen LogP contribution is -1.69. The van der Waals surface area contributed by atoms with Crippen LogP contribution in [-0.4, -0.2) is 0 Å². The van der Waals surface area contributed by atoms with Gasteiger partial charge < -0.3 is 0 Å². The highest BCUT2D eigenvalue weighted by molar-refractivity contribution is 5.21. The number of hydrogen-bond donors (Lipinski definition) is 0. The lowest BCUT2D eigenvalue weighted by Gasteiger charge is -1.89. The predicted molar refractivity (Wildman–Crippen MR) is 77.4 cm³/mol. The van der Waals surface area contributed by atoms with Crippen LogP contribution in [0.4, 0.5) is 0 Å². The molecule has 0 radical (unpaired) electrons. The molecule has 0 aromatic carbocycles. The van der Waals surface area contributed by atoms with Crippen molar-refractivity contribution >= 4 is 0 Å². The molecule has 0 aromatic rings. The highest BCUT2D eigenvalue weighted by Gasteiger charge is 1.79. The van der Waals surface area contributed by atoms with Crippen LogP contribution in [-0.2, 0) is 0 Å². The van der Waals surface area contributed by atoms with E-state index in [9.17, 15) is 0 Å². The van der Waals surface area contributed by atoms with E-state index < -0.39 is 0 Å². The molecule has 0 aliphatic heterocycles. The monoisotopic (exact) mass is 212 g/mol. The average molecular weight is 212 g/mol. The van der Waals surface area contributed by atoms with E-state index in [4.69, 9.17) is 0 Å². The highest BCUT2D eigenvalue weighted by Crippen LogP contribution is 2.00. The zero-order valence-electron chi connectivity index (χ0n) is 12.2. The van der Waals surface area contributed by atoms with Gasteiger partial charge in [0.1, 0.15) is 0 Å². The summed E-state index contributed by atoms with van der Waals surface area (Å²) in [5.41, 5.74) is 1.29. The molecule has 0 aliphatic carbocycles. The van der Waals surface area contributed by atoms with Crippen molar-refractivity contribution in [2.45, 2.75) is 61.8 Å². The molecule has 0 fully saturated rings. The fourth-order valence-electron chi connectivity index (χ4n) is 0.550. The van der Waals surface area contributed by atoms with Gasteiger partial charge in [0.2, 0.25) is 0 Å². The first-order chi connectivity index (χ1) is 7.35. The van der Waals surface area contributed by atoms with E-state index >= 15 is 0 Å². The van der Waals surface area contributed by atoms with Crippen molar-refractivity contribution in [2.24, 2.45) is 0 Å². The van der Waals surface area contributed by atoms with E-state index in [2.05, 4.69) is 19.6 Å². The summed E-state index contributed by atoms with van der Waals surface area (Å²) in [4.78, 5) is 0. The molecule has 0 amide bonds. The van der Waals surface area contributed by atoms with Crippen LogP contribution in [0.5, 0.6) is 0 Å². The Bertz CT molecular complexity index is 127. The van der Waals surface area contributed by atoms with Crippen molar-refractivity contribution in [3.05, 3.63) is 36.5 Å². The van der Waals surface area contributed by atoms with Gasteiger partial charge >= 0.3 is 0 Å². The first-order valence-electron chi connectivity index (χ1n) is 6.29. The van der Waals surface area contributed by atoms with Gasteiger partial charge in [-0.3, -0.25) is 0 Å². The molecule has 15 heavy (non-hydrogen) atoms. The van der Waals surface area contributed by atoms with Crippen molar-refractivity contribution in [3.8, 4) is 0 Å². The zero-order valence-corrected chi connectivity index (χ0v) is 12.2. The topological polar surface area (TPSA) is 0 Å². The lowest BCUT2D eigenvalue weighted by atomic mass is 10.2. The highest BCUT2D eigenvalue weighted by atomic mass is 13.9. The standard InChI is InChI=1S/C9H14.3C2H6/c1-4-7-8-9(5-2)6-3;3*1-2/h4-5,7-8H,2,6H2,1,3H3;3*1-2H3/b7-4-,9-8+;;;. The molecule has 0 unspecified atom stereocenters. The minimum atomic E-state index is 1.06. The van der Waals surface area contributed by atoms with E-state index in [0.717, 1.165) is 6.42 Å². The van der Waals surface area contributed by atoms with Crippen molar-refractivity contribution in [1.29, 1.82) is 0 Å². The lowest BCUT2D eigenvalue weighted by molar-refractivity contribution is 1.15. The molecule has 92 valence electrons. The van der Waals surface area contributed by atoms with Gasteiger partial charge in [0.25, 0.3) is 0 Å². The number of hydrogen-bond acceptors (Lipinski definition) is 0. The Balaban J connectivity index is -0.0000000860. The number of rotatable bonds is 3. The van der Waals surface area contributed by atoms with Crippen molar-refractivity contribution in [1.82, 2.24) is 0 Å². The van der Waals surface area contributed by atoms with Gasteiger partial charge in [0.05, 0.1) is 0 Å². The van der Waals surface area contributed by atoms with Crippen LogP contribution < -0.4 is 0 Å². The van der Waals surface area contributed by atoms with Crippen LogP contribution in [0.2, 0.25) is 0 Å². The smallest absolute Gasteiger partial charge is 0.0308 e. The third-order valence-corrected chi connectivity index (χ3v) is 1.17. The van der Waals surface area contributed by atoms with Gasteiger partial charge in [-0.15, -0.1) is 0 Å². The normalized spacial score (nSPS) is 8.67. The van der Waals surface area contributed by atoms with Crippen molar-refractivity contribution < 1.29 is 0 Å². The number of allylic oxidation sites excluding steroid dienone is 5. The molecule has 0 atom stereocenters. The van der Waals surface area contributed by atoms with Crippen LogP contribution in [0.15, 0.2) is 36.5 Å². The maximum absolute atomic E-state index is 3.68. The van der Waals surface area contributed by atoms with E-state index in [1.54, 1.807) is 0 Å². The third-order valence-electron chi connectivity index (χ3n) is 1.17. The quantitative estimate of drug-likeness (QED) is 0.491. The van der Waals surface area contributed by atoms with Crippen LogP contribution in [0.25, 0.3) is 0 Å². The summed E-state index contributed by atoms with van der Waals surface area (Å²) < 4.78 is 0. The third kappa shape index (κ3) is 31.9. The largest absolute Gasteiger partial charge is 0.0988 e. The summed E-state index contributed by atoms with van der Waals surface area (Å²) in [5.74, 6) is 0. The fraction of sp³-hybridized carbons (Fsp3) is 0.600. The molecule has 0 heteroatoms. The average Bonchev–Trinajstić information content (AvgIpc) is 2.38. The molecular formula is C15H32. The van der Waals surface area contributed by atoms with E-state index in [-0.39, 0.29) is 0 Å². The van der Waals surface area contributed by atoms with Crippen LogP contribution >= 0.6 is 0 Å². The molecular weight excluding hydrogens is 180 g/mol. The summed E-state index contributed by atoms with van der Waals surface area (Å²) >= 11 is 0. The Morgan fingerprint density at radius 2 is 1.40 bits per heavy atom. The molecule has 0 bridgehead atoms. The zero-order chi connectivity index (χ0) is 13.1. The van der Waals surface area contributed by atoms with Gasteiger partial charge in [-0.2, -0.15) is 0 Å². The molecule has 0 aromatic heterocycles. The summed E-state index contributed by atoms with van der Waals surface area (Å²) in [7, 11) is 0. The second kappa shape index (κ2) is 37.9. The predicted octanol–water partition coefficient (Wildman–Crippen LogP) is 6.16. The maximum atomic E-state index is 3.68. The summed E-state index contributed by atoms with van der Waals surface area (Å²) in [6, 6.07) is 0. The van der Waals surface area contributed by atoms with Gasteiger partial charge in [-0.25, -0.2) is 0 Å². The first-order valence-corrected chi connectivity index (χ1v) is 6.29. The Morgan fingerprint density at radius 1 is 1.00 bits per heavy atom. The molecule has 0 aliphatic rings. The van der Waals surface area contributed by atoms with Gasteiger partial charge in [0.15, 0.2) is 0 Å². The van der Waals surface area contributed by atoms with Crippen molar-refractivity contribution in [3.63, 3.8) is 0 Å². The second-order valence-electron chi connectivity index (χ2n) is 1.83. The van der Waals surface area contributed by atoms with Gasteiger partial charge in [0, 0.05) is 0 Å². The van der Waals surface area contributed by atoms with Gasteiger partial charge in [-0.05, 0) is 18.9 Å². The maximum Gasteiger partial charge on any atom is -0.0308 e. The molecule has 0 nitrogen and oxygen atoms in total. The molecule has 0 rings (SSSR count). The van der Waals surface area contributed by atoms with Crippen LogP contribution in [0.1, 0.15) is 61.8 Å². The Labute approximate surface area is 98.8 Å². The second-order valence-corrected chi connectivity index (χ2v) is 1.83.